The van der Waals surface area contributed by atoms with E-state index in [0.717, 1.165) is 18.9 Å². The number of halogens is 2. The van der Waals surface area contributed by atoms with E-state index in [4.69, 9.17) is 10.5 Å². The first kappa shape index (κ1) is 19.5. The monoisotopic (exact) mass is 387 g/mol. The number of hydrogen-bond donors (Lipinski definition) is 2. The van der Waals surface area contributed by atoms with Crippen LogP contribution in [0.25, 0.3) is 5.57 Å². The van der Waals surface area contributed by atoms with Gasteiger partial charge in [-0.15, -0.1) is 0 Å². The number of nitrogens with zero attached hydrogens (tertiary/aromatic N) is 1. The lowest BCUT2D eigenvalue weighted by Crippen LogP contribution is -2.19. The highest BCUT2D eigenvalue weighted by Crippen LogP contribution is 2.39. The highest BCUT2D eigenvalue weighted by Gasteiger charge is 2.25. The summed E-state index contributed by atoms with van der Waals surface area (Å²) in [6.07, 6.45) is 3.99. The largest absolute Gasteiger partial charge is 0.493 e. The number of pyridine rings is 1. The maximum Gasteiger partial charge on any atom is 0.267 e. The van der Waals surface area contributed by atoms with Gasteiger partial charge in [-0.3, -0.25) is 14.6 Å². The van der Waals surface area contributed by atoms with E-state index >= 15 is 0 Å². The quantitative estimate of drug-likeness (QED) is 0.822. The van der Waals surface area contributed by atoms with Gasteiger partial charge in [0.2, 0.25) is 5.82 Å². The predicted octanol–water partition coefficient (Wildman–Crippen LogP) is 3.43. The van der Waals surface area contributed by atoms with Crippen molar-refractivity contribution in [1.29, 1.82) is 0 Å². The van der Waals surface area contributed by atoms with Crippen molar-refractivity contribution in [1.82, 2.24) is 4.98 Å². The van der Waals surface area contributed by atoms with Crippen molar-refractivity contribution in [2.24, 2.45) is 5.73 Å². The van der Waals surface area contributed by atoms with Crippen LogP contribution in [-0.4, -0.2) is 23.9 Å². The van der Waals surface area contributed by atoms with E-state index in [0.29, 0.717) is 35.2 Å². The fourth-order valence-electron chi connectivity index (χ4n) is 3.27. The van der Waals surface area contributed by atoms with Crippen LogP contribution in [0.2, 0.25) is 0 Å². The van der Waals surface area contributed by atoms with Gasteiger partial charge in [0.05, 0.1) is 7.11 Å². The SMILES string of the molecule is COc1c(C2=C(C(=O)Nc3ccnc(C(N)=O)c3)CCCC2)ccc(F)c1F. The third kappa shape index (κ3) is 3.85. The smallest absolute Gasteiger partial charge is 0.267 e. The number of allylic oxidation sites excluding steroid dienone is 1. The Labute approximate surface area is 160 Å². The predicted molar refractivity (Wildman–Crippen MR) is 99.7 cm³/mol. The first-order valence-electron chi connectivity index (χ1n) is 8.74. The van der Waals surface area contributed by atoms with E-state index < -0.39 is 17.5 Å². The van der Waals surface area contributed by atoms with Crippen molar-refractivity contribution in [2.75, 3.05) is 12.4 Å². The highest BCUT2D eigenvalue weighted by atomic mass is 19.2. The number of carbonyl (C=O) groups excluding carboxylic acids is 2. The molecule has 8 heteroatoms. The van der Waals surface area contributed by atoms with Gasteiger partial charge in [-0.05, 0) is 55.5 Å². The van der Waals surface area contributed by atoms with Crippen molar-refractivity contribution in [2.45, 2.75) is 25.7 Å². The molecule has 6 nitrogen and oxygen atoms in total. The van der Waals surface area contributed by atoms with E-state index in [1.54, 1.807) is 0 Å². The van der Waals surface area contributed by atoms with E-state index in [9.17, 15) is 18.4 Å². The van der Waals surface area contributed by atoms with Gasteiger partial charge in [-0.25, -0.2) is 4.39 Å². The number of rotatable bonds is 5. The molecule has 0 saturated carbocycles. The standard InChI is InChI=1S/C20H19F2N3O3/c1-28-18-13(6-7-15(21)17(18)22)12-4-2-3-5-14(12)20(27)25-11-8-9-24-16(10-11)19(23)26/h6-10H,2-5H2,1H3,(H2,23,26)(H,24,25,27). The third-order valence-electron chi connectivity index (χ3n) is 4.59. The average molecular weight is 387 g/mol. The molecule has 0 bridgehead atoms. The molecule has 146 valence electrons. The molecule has 0 fully saturated rings. The minimum Gasteiger partial charge on any atom is -0.493 e. The minimum absolute atomic E-state index is 0.0259. The van der Waals surface area contributed by atoms with Gasteiger partial charge in [-0.2, -0.15) is 4.39 Å². The van der Waals surface area contributed by atoms with Crippen LogP contribution in [0.5, 0.6) is 5.75 Å². The van der Waals surface area contributed by atoms with Gasteiger partial charge in [0.1, 0.15) is 5.69 Å². The second kappa shape index (κ2) is 8.16. The van der Waals surface area contributed by atoms with Crippen molar-refractivity contribution in [3.05, 3.63) is 58.9 Å². The van der Waals surface area contributed by atoms with Crippen molar-refractivity contribution in [3.8, 4) is 5.75 Å². The number of benzene rings is 1. The Morgan fingerprint density at radius 3 is 2.64 bits per heavy atom. The van der Waals surface area contributed by atoms with Crippen LogP contribution < -0.4 is 15.8 Å². The third-order valence-corrected chi connectivity index (χ3v) is 4.59. The van der Waals surface area contributed by atoms with Gasteiger partial charge >= 0.3 is 0 Å². The van der Waals surface area contributed by atoms with Crippen LogP contribution in [0, 0.1) is 11.6 Å². The van der Waals surface area contributed by atoms with Crippen molar-refractivity contribution >= 4 is 23.1 Å². The summed E-state index contributed by atoms with van der Waals surface area (Å²) in [5, 5.41) is 2.72. The Morgan fingerprint density at radius 2 is 1.93 bits per heavy atom. The number of nitrogens with two attached hydrogens (primary N) is 1. The molecular formula is C20H19F2N3O3. The molecule has 3 N–H and O–H groups in total. The maximum atomic E-state index is 14.1. The summed E-state index contributed by atoms with van der Waals surface area (Å²) < 4.78 is 32.8. The van der Waals surface area contributed by atoms with Crippen molar-refractivity contribution in [3.63, 3.8) is 0 Å². The van der Waals surface area contributed by atoms with Crippen LogP contribution in [0.4, 0.5) is 14.5 Å². The highest BCUT2D eigenvalue weighted by molar-refractivity contribution is 6.09. The summed E-state index contributed by atoms with van der Waals surface area (Å²) >= 11 is 0. The Hall–Kier alpha value is -3.29. The first-order valence-corrected chi connectivity index (χ1v) is 8.74. The zero-order valence-corrected chi connectivity index (χ0v) is 15.2. The average Bonchev–Trinajstić information content (AvgIpc) is 2.70. The fourth-order valence-corrected chi connectivity index (χ4v) is 3.27. The summed E-state index contributed by atoms with van der Waals surface area (Å²) in [4.78, 5) is 28.0. The molecular weight excluding hydrogens is 368 g/mol. The van der Waals surface area contributed by atoms with Crippen LogP contribution in [-0.2, 0) is 4.79 Å². The number of aromatic nitrogens is 1. The van der Waals surface area contributed by atoms with Gasteiger partial charge in [-0.1, -0.05) is 0 Å². The topological polar surface area (TPSA) is 94.3 Å². The number of anilines is 1. The summed E-state index contributed by atoms with van der Waals surface area (Å²) in [6.45, 7) is 0. The summed E-state index contributed by atoms with van der Waals surface area (Å²) in [5.41, 5.74) is 7.04. The number of carbonyl (C=O) groups is 2. The molecule has 2 amide bonds. The Morgan fingerprint density at radius 1 is 1.18 bits per heavy atom. The molecule has 0 saturated heterocycles. The number of hydrogen-bond acceptors (Lipinski definition) is 4. The molecule has 0 unspecified atom stereocenters. The molecule has 1 aromatic carbocycles. The molecule has 1 aliphatic carbocycles. The number of primary amides is 1. The van der Waals surface area contributed by atoms with Crippen molar-refractivity contribution < 1.29 is 23.1 Å². The summed E-state index contributed by atoms with van der Waals surface area (Å²) in [5.74, 6) is -3.41. The summed E-state index contributed by atoms with van der Waals surface area (Å²) in [7, 11) is 1.26. The molecule has 0 aliphatic heterocycles. The zero-order valence-electron chi connectivity index (χ0n) is 15.2. The second-order valence-corrected chi connectivity index (χ2v) is 6.35. The molecule has 3 rings (SSSR count). The minimum atomic E-state index is -1.09. The lowest BCUT2D eigenvalue weighted by Gasteiger charge is -2.22. The molecule has 0 atom stereocenters. The molecule has 0 spiro atoms. The summed E-state index contributed by atoms with van der Waals surface area (Å²) in [6, 6.07) is 5.35. The van der Waals surface area contributed by atoms with Crippen LogP contribution in [0.1, 0.15) is 41.7 Å². The van der Waals surface area contributed by atoms with Gasteiger partial charge < -0.3 is 15.8 Å². The number of ether oxygens (including phenoxy) is 1. The maximum absolute atomic E-state index is 14.1. The Bertz CT molecular complexity index is 973. The van der Waals surface area contributed by atoms with Gasteiger partial charge in [0.25, 0.3) is 11.8 Å². The van der Waals surface area contributed by atoms with E-state index in [1.807, 2.05) is 0 Å². The van der Waals surface area contributed by atoms with Crippen LogP contribution in [0.3, 0.4) is 0 Å². The van der Waals surface area contributed by atoms with Gasteiger partial charge in [0.15, 0.2) is 11.6 Å². The molecule has 0 radical (unpaired) electrons. The zero-order chi connectivity index (χ0) is 20.3. The molecule has 1 heterocycles. The first-order chi connectivity index (χ1) is 13.4. The lowest BCUT2D eigenvalue weighted by molar-refractivity contribution is -0.113. The second-order valence-electron chi connectivity index (χ2n) is 6.35. The molecule has 1 aliphatic rings. The van der Waals surface area contributed by atoms with E-state index in [2.05, 4.69) is 10.3 Å². The Kier molecular flexibility index (Phi) is 5.67. The molecule has 2 aromatic rings. The Balaban J connectivity index is 1.99. The van der Waals surface area contributed by atoms with Crippen LogP contribution >= 0.6 is 0 Å². The number of nitrogens with one attached hydrogen (secondary N) is 1. The molecule has 1 aromatic heterocycles. The normalized spacial score (nSPS) is 14.0. The van der Waals surface area contributed by atoms with E-state index in [1.165, 1.54) is 31.5 Å². The lowest BCUT2D eigenvalue weighted by atomic mass is 9.86. The fraction of sp³-hybridized carbons (Fsp3) is 0.250. The van der Waals surface area contributed by atoms with E-state index in [-0.39, 0.29) is 17.4 Å². The van der Waals surface area contributed by atoms with Gasteiger partial charge in [0, 0.05) is 23.0 Å². The molecule has 28 heavy (non-hydrogen) atoms. The van der Waals surface area contributed by atoms with Crippen LogP contribution in [0.15, 0.2) is 36.0 Å². The number of amides is 2. The number of methoxy groups -OCH3 is 1.